The Balaban J connectivity index is 2.30. The van der Waals surface area contributed by atoms with Crippen LogP contribution in [0.5, 0.6) is 5.75 Å². The summed E-state index contributed by atoms with van der Waals surface area (Å²) in [6.45, 7) is 0. The van der Waals surface area contributed by atoms with Crippen LogP contribution in [0.4, 0.5) is 5.69 Å². The number of halogens is 2. The van der Waals surface area contributed by atoms with Gasteiger partial charge in [-0.05, 0) is 46.3 Å². The fourth-order valence-electron chi connectivity index (χ4n) is 1.22. The molecular formula is C10H7BrClNO3S2. The van der Waals surface area contributed by atoms with Crippen LogP contribution in [0.1, 0.15) is 0 Å². The average molecular weight is 369 g/mol. The molecule has 0 unspecified atom stereocenters. The summed E-state index contributed by atoms with van der Waals surface area (Å²) in [6, 6.07) is 7.26. The number of sulfonamides is 1. The highest BCUT2D eigenvalue weighted by molar-refractivity contribution is 9.11. The van der Waals surface area contributed by atoms with Gasteiger partial charge in [0.05, 0.1) is 14.5 Å². The van der Waals surface area contributed by atoms with Crippen LogP contribution >= 0.6 is 38.9 Å². The highest BCUT2D eigenvalue weighted by Gasteiger charge is 2.17. The Labute approximate surface area is 121 Å². The summed E-state index contributed by atoms with van der Waals surface area (Å²) in [6.07, 6.45) is 0. The maximum Gasteiger partial charge on any atom is 0.271 e. The summed E-state index contributed by atoms with van der Waals surface area (Å²) in [5.41, 5.74) is 0.294. The van der Waals surface area contributed by atoms with Crippen molar-refractivity contribution in [1.29, 1.82) is 0 Å². The minimum Gasteiger partial charge on any atom is -0.506 e. The maximum atomic E-state index is 12.0. The molecule has 1 aromatic heterocycles. The number of rotatable bonds is 3. The molecule has 0 saturated carbocycles. The van der Waals surface area contributed by atoms with E-state index in [1.54, 1.807) is 6.07 Å². The van der Waals surface area contributed by atoms with Crippen molar-refractivity contribution in [2.45, 2.75) is 4.21 Å². The van der Waals surface area contributed by atoms with Gasteiger partial charge in [0, 0.05) is 0 Å². The molecule has 0 saturated heterocycles. The number of nitrogens with one attached hydrogen (secondary N) is 1. The van der Waals surface area contributed by atoms with E-state index in [1.165, 1.54) is 24.3 Å². The molecular weight excluding hydrogens is 362 g/mol. The Bertz CT molecular complexity index is 684. The lowest BCUT2D eigenvalue weighted by Gasteiger charge is -2.07. The molecule has 0 spiro atoms. The normalized spacial score (nSPS) is 11.4. The Morgan fingerprint density at radius 1 is 1.28 bits per heavy atom. The topological polar surface area (TPSA) is 66.4 Å². The number of anilines is 1. The van der Waals surface area contributed by atoms with Gasteiger partial charge in [-0.3, -0.25) is 4.72 Å². The summed E-state index contributed by atoms with van der Waals surface area (Å²) in [7, 11) is -3.62. The third kappa shape index (κ3) is 2.97. The third-order valence-electron chi connectivity index (χ3n) is 2.01. The van der Waals surface area contributed by atoms with Crippen molar-refractivity contribution in [2.75, 3.05) is 4.72 Å². The standard InChI is InChI=1S/C10H7BrClNO3S2/c11-9-3-4-10(17-9)18(15,16)13-6-1-2-8(14)7(12)5-6/h1-5,13-14H. The summed E-state index contributed by atoms with van der Waals surface area (Å²) in [4.78, 5) is 0. The lowest BCUT2D eigenvalue weighted by atomic mass is 10.3. The third-order valence-corrected chi connectivity index (χ3v) is 5.81. The molecule has 96 valence electrons. The monoisotopic (exact) mass is 367 g/mol. The lowest BCUT2D eigenvalue weighted by Crippen LogP contribution is -2.11. The number of aromatic hydroxyl groups is 1. The summed E-state index contributed by atoms with van der Waals surface area (Å²) in [5, 5.41) is 9.33. The molecule has 4 nitrogen and oxygen atoms in total. The molecule has 1 heterocycles. The molecule has 18 heavy (non-hydrogen) atoms. The summed E-state index contributed by atoms with van der Waals surface area (Å²) < 4.78 is 27.3. The summed E-state index contributed by atoms with van der Waals surface area (Å²) >= 11 is 10.0. The van der Waals surface area contributed by atoms with E-state index in [4.69, 9.17) is 11.6 Å². The zero-order chi connectivity index (χ0) is 13.3. The predicted octanol–water partition coefficient (Wildman–Crippen LogP) is 3.67. The second kappa shape index (κ2) is 5.08. The van der Waals surface area contributed by atoms with E-state index in [-0.39, 0.29) is 15.0 Å². The molecule has 0 aliphatic carbocycles. The van der Waals surface area contributed by atoms with Crippen LogP contribution in [-0.2, 0) is 10.0 Å². The highest BCUT2D eigenvalue weighted by atomic mass is 79.9. The molecule has 1 aromatic carbocycles. The predicted molar refractivity (Wildman–Crippen MR) is 75.9 cm³/mol. The smallest absolute Gasteiger partial charge is 0.271 e. The Morgan fingerprint density at radius 2 is 2.00 bits per heavy atom. The molecule has 2 rings (SSSR count). The van der Waals surface area contributed by atoms with Gasteiger partial charge in [-0.2, -0.15) is 0 Å². The molecule has 0 aliphatic heterocycles. The van der Waals surface area contributed by atoms with Crippen LogP contribution in [0.15, 0.2) is 38.3 Å². The average Bonchev–Trinajstić information content (AvgIpc) is 2.71. The quantitative estimate of drug-likeness (QED) is 0.812. The van der Waals surface area contributed by atoms with Crippen molar-refractivity contribution in [3.05, 3.63) is 39.1 Å². The van der Waals surface area contributed by atoms with E-state index in [2.05, 4.69) is 20.7 Å². The first-order valence-corrected chi connectivity index (χ1v) is 8.12. The second-order valence-electron chi connectivity index (χ2n) is 3.33. The first-order chi connectivity index (χ1) is 8.38. The van der Waals surface area contributed by atoms with Gasteiger partial charge in [0.2, 0.25) is 0 Å². The maximum absolute atomic E-state index is 12.0. The van der Waals surface area contributed by atoms with Gasteiger partial charge >= 0.3 is 0 Å². The van der Waals surface area contributed by atoms with Crippen molar-refractivity contribution < 1.29 is 13.5 Å². The Kier molecular flexibility index (Phi) is 3.86. The fraction of sp³-hybridized carbons (Fsp3) is 0. The number of phenols is 1. The van der Waals surface area contributed by atoms with Crippen LogP contribution in [0.25, 0.3) is 0 Å². The molecule has 0 fully saturated rings. The molecule has 0 atom stereocenters. The number of hydrogen-bond donors (Lipinski definition) is 2. The van der Waals surface area contributed by atoms with Crippen LogP contribution in [0, 0.1) is 0 Å². The number of benzene rings is 1. The molecule has 0 bridgehead atoms. The zero-order valence-corrected chi connectivity index (χ0v) is 12.7. The van der Waals surface area contributed by atoms with Crippen molar-refractivity contribution in [3.63, 3.8) is 0 Å². The van der Waals surface area contributed by atoms with Crippen molar-refractivity contribution >= 4 is 54.6 Å². The van der Waals surface area contributed by atoms with E-state index in [1.807, 2.05) is 0 Å². The van der Waals surface area contributed by atoms with Crippen molar-refractivity contribution in [1.82, 2.24) is 0 Å². The molecule has 2 aromatic rings. The van der Waals surface area contributed by atoms with Gasteiger partial charge in [-0.15, -0.1) is 11.3 Å². The minimum absolute atomic E-state index is 0.0857. The molecule has 0 aliphatic rings. The first kappa shape index (κ1) is 13.7. The molecule has 2 N–H and O–H groups in total. The van der Waals surface area contributed by atoms with Crippen molar-refractivity contribution in [2.24, 2.45) is 0 Å². The minimum atomic E-state index is -3.62. The number of phenolic OH excluding ortho intramolecular Hbond substituents is 1. The molecule has 0 amide bonds. The number of thiophene rings is 1. The van der Waals surface area contributed by atoms with Crippen LogP contribution in [-0.4, -0.2) is 13.5 Å². The van der Waals surface area contributed by atoms with E-state index in [0.717, 1.165) is 15.1 Å². The fourth-order valence-corrected chi connectivity index (χ4v) is 4.46. The zero-order valence-electron chi connectivity index (χ0n) is 8.72. The van der Waals surface area contributed by atoms with Crippen LogP contribution in [0.2, 0.25) is 5.02 Å². The van der Waals surface area contributed by atoms with E-state index >= 15 is 0 Å². The van der Waals surface area contributed by atoms with Crippen molar-refractivity contribution in [3.8, 4) is 5.75 Å². The van der Waals surface area contributed by atoms with Gasteiger partial charge in [-0.1, -0.05) is 11.6 Å². The van der Waals surface area contributed by atoms with Gasteiger partial charge in [0.15, 0.2) is 0 Å². The van der Waals surface area contributed by atoms with Gasteiger partial charge < -0.3 is 5.11 Å². The molecule has 8 heteroatoms. The van der Waals surface area contributed by atoms with Gasteiger partial charge in [0.25, 0.3) is 10.0 Å². The van der Waals surface area contributed by atoms with E-state index in [0.29, 0.717) is 5.69 Å². The first-order valence-electron chi connectivity index (χ1n) is 4.65. The number of hydrogen-bond acceptors (Lipinski definition) is 4. The summed E-state index contributed by atoms with van der Waals surface area (Å²) in [5.74, 6) is -0.0986. The van der Waals surface area contributed by atoms with E-state index in [9.17, 15) is 13.5 Å². The second-order valence-corrected chi connectivity index (χ2v) is 8.11. The van der Waals surface area contributed by atoms with Crippen LogP contribution in [0.3, 0.4) is 0 Å². The van der Waals surface area contributed by atoms with Gasteiger partial charge in [0.1, 0.15) is 9.96 Å². The largest absolute Gasteiger partial charge is 0.506 e. The van der Waals surface area contributed by atoms with E-state index < -0.39 is 10.0 Å². The van der Waals surface area contributed by atoms with Gasteiger partial charge in [-0.25, -0.2) is 8.42 Å². The molecule has 0 radical (unpaired) electrons. The SMILES string of the molecule is O=S(=O)(Nc1ccc(O)c(Cl)c1)c1ccc(Br)s1. The lowest BCUT2D eigenvalue weighted by molar-refractivity contribution is 0.475. The Hall–Kier alpha value is -0.760. The highest BCUT2D eigenvalue weighted by Crippen LogP contribution is 2.30. The Morgan fingerprint density at radius 3 is 2.56 bits per heavy atom. The van der Waals surface area contributed by atoms with Crippen LogP contribution < -0.4 is 4.72 Å².